The van der Waals surface area contributed by atoms with E-state index in [1.807, 2.05) is 0 Å². The minimum absolute atomic E-state index is 0.0115. The highest BCUT2D eigenvalue weighted by Crippen LogP contribution is 2.44. The molecule has 2 saturated heterocycles. The first-order chi connectivity index (χ1) is 25.1. The summed E-state index contributed by atoms with van der Waals surface area (Å²) in [6.45, 7) is 4.94. The summed E-state index contributed by atoms with van der Waals surface area (Å²) in [7, 11) is -2.35. The van der Waals surface area contributed by atoms with E-state index in [4.69, 9.17) is 23.5 Å². The van der Waals surface area contributed by atoms with Gasteiger partial charge in [-0.15, -0.1) is 0 Å². The molecule has 1 amide bonds. The summed E-state index contributed by atoms with van der Waals surface area (Å²) >= 11 is 0. The molecule has 2 fully saturated rings. The van der Waals surface area contributed by atoms with Crippen molar-refractivity contribution in [2.75, 3.05) is 31.6 Å². The summed E-state index contributed by atoms with van der Waals surface area (Å²) in [5.41, 5.74) is -4.77. The number of amides is 1. The molecule has 0 spiro atoms. The largest absolute Gasteiger partial charge is 0.506 e. The van der Waals surface area contributed by atoms with Crippen LogP contribution in [0.1, 0.15) is 53.2 Å². The number of rotatable bonds is 15. The van der Waals surface area contributed by atoms with Crippen LogP contribution in [-0.4, -0.2) is 100 Å². The topological polar surface area (TPSA) is 223 Å². The lowest BCUT2D eigenvalue weighted by Crippen LogP contribution is -2.48. The number of nitrogens with one attached hydrogen (secondary N) is 1. The molecule has 20 heteroatoms. The Kier molecular flexibility index (Phi) is 14.2. The van der Waals surface area contributed by atoms with Crippen molar-refractivity contribution in [1.82, 2.24) is 14.5 Å². The molecule has 1 aromatic heterocycles. The molecule has 0 bridgehead atoms. The zero-order chi connectivity index (χ0) is 39.0. The molecule has 7 atom stereocenters. The lowest BCUT2D eigenvalue weighted by molar-refractivity contribution is -0.151. The lowest BCUT2D eigenvalue weighted by atomic mass is 9.92. The Balaban J connectivity index is 1.50. The van der Waals surface area contributed by atoms with E-state index in [2.05, 4.69) is 10.1 Å². The number of halogens is 1. The van der Waals surface area contributed by atoms with Crippen molar-refractivity contribution in [2.45, 2.75) is 96.0 Å². The number of anilines is 1. The maximum absolute atomic E-state index is 16.2. The lowest BCUT2D eigenvalue weighted by Gasteiger charge is -2.30. The predicted molar refractivity (Wildman–Crippen MR) is 184 cm³/mol. The standard InChI is InChI=1S/C33H46FN4O14P/c1-19(2)51-28(42)20(3)38(23-8-6-7-9-24(23)39)53(46)50-17-25-27(41)33(4,34)30(52-25)36-13-10-26(40)37(32(36)45)18-49-29(43)22(35-31(44)47-5)16-21-11-14-48-15-12-21/h6-10,13,19-22,25,27,30,39,41,53H,11-12,14-18H2,1-5H3,(H,35,44)/t20-,22?,25+,27+,30+,33+/m0/s1. The molecule has 2 aliphatic heterocycles. The number of alkyl halides is 1. The van der Waals surface area contributed by atoms with E-state index in [0.717, 1.165) is 31.0 Å². The van der Waals surface area contributed by atoms with E-state index in [9.17, 15) is 38.8 Å². The number of carbonyl (C=O) groups is 3. The fraction of sp³-hybridized carbons (Fsp3) is 0.606. The van der Waals surface area contributed by atoms with Crippen LogP contribution in [0, 0.1) is 5.92 Å². The normalized spacial score (nSPS) is 23.5. The monoisotopic (exact) mass is 772 g/mol. The molecule has 4 rings (SSSR count). The Hall–Kier alpha value is -4.29. The maximum atomic E-state index is 16.2. The van der Waals surface area contributed by atoms with Crippen LogP contribution in [0.25, 0.3) is 0 Å². The van der Waals surface area contributed by atoms with Crippen LogP contribution in [-0.2, 0) is 49.1 Å². The fourth-order valence-electron chi connectivity index (χ4n) is 5.93. The molecule has 0 aliphatic carbocycles. The number of aromatic hydroxyl groups is 1. The van der Waals surface area contributed by atoms with Crippen LogP contribution in [0.5, 0.6) is 5.75 Å². The molecule has 2 aliphatic rings. The third-order valence-corrected chi connectivity index (χ3v) is 10.3. The highest BCUT2D eigenvalue weighted by atomic mass is 31.1. The number of hydrogen-bond acceptors (Lipinski definition) is 14. The third-order valence-electron chi connectivity index (χ3n) is 8.86. The van der Waals surface area contributed by atoms with Gasteiger partial charge >= 0.3 is 23.7 Å². The van der Waals surface area contributed by atoms with E-state index >= 15 is 4.39 Å². The number of aliphatic hydroxyl groups is 1. The Labute approximate surface area is 304 Å². The van der Waals surface area contributed by atoms with Gasteiger partial charge in [-0.2, -0.15) is 0 Å². The second-order valence-electron chi connectivity index (χ2n) is 13.1. The molecule has 2 unspecified atom stereocenters. The Morgan fingerprint density at radius 3 is 2.45 bits per heavy atom. The first-order valence-corrected chi connectivity index (χ1v) is 18.2. The fourth-order valence-corrected chi connectivity index (χ4v) is 7.18. The number of para-hydroxylation sites is 2. The van der Waals surface area contributed by atoms with E-state index in [1.54, 1.807) is 13.8 Å². The SMILES string of the molecule is COC(=O)NC(CC1CCOCC1)C(=O)OCn1c(=O)ccn([C@@H]2O[C@H](CO[PH](=O)N(c3ccccc3O)[C@@H](C)C(=O)OC(C)C)[C@@H](O)[C@@]2(C)F)c1=O. The van der Waals surface area contributed by atoms with Gasteiger partial charge in [0.25, 0.3) is 13.7 Å². The van der Waals surface area contributed by atoms with Crippen LogP contribution >= 0.6 is 8.18 Å². The number of nitrogens with zero attached hydrogens (tertiary/aromatic N) is 3. The first-order valence-electron chi connectivity index (χ1n) is 16.9. The smallest absolute Gasteiger partial charge is 0.407 e. The summed E-state index contributed by atoms with van der Waals surface area (Å²) in [5, 5.41) is 23.8. The van der Waals surface area contributed by atoms with Crippen molar-refractivity contribution in [3.05, 3.63) is 57.4 Å². The molecular weight excluding hydrogens is 726 g/mol. The number of methoxy groups -OCH3 is 1. The van der Waals surface area contributed by atoms with Gasteiger partial charge in [-0.1, -0.05) is 12.1 Å². The highest BCUT2D eigenvalue weighted by Gasteiger charge is 2.55. The van der Waals surface area contributed by atoms with Crippen molar-refractivity contribution in [1.29, 1.82) is 0 Å². The number of ether oxygens (including phenoxy) is 5. The quantitative estimate of drug-likeness (QED) is 0.134. The Morgan fingerprint density at radius 2 is 1.81 bits per heavy atom. The van der Waals surface area contributed by atoms with Gasteiger partial charge in [-0.3, -0.25) is 18.6 Å². The Morgan fingerprint density at radius 1 is 1.13 bits per heavy atom. The number of hydrogen-bond donors (Lipinski definition) is 3. The zero-order valence-corrected chi connectivity index (χ0v) is 31.0. The second-order valence-corrected chi connectivity index (χ2v) is 14.4. The average Bonchev–Trinajstić information content (AvgIpc) is 3.34. The summed E-state index contributed by atoms with van der Waals surface area (Å²) < 4.78 is 63.6. The van der Waals surface area contributed by atoms with Crippen molar-refractivity contribution >= 4 is 31.9 Å². The van der Waals surface area contributed by atoms with Crippen LogP contribution in [0.15, 0.2) is 46.1 Å². The van der Waals surface area contributed by atoms with Crippen molar-refractivity contribution in [3.8, 4) is 5.75 Å². The summed E-state index contributed by atoms with van der Waals surface area (Å²) in [4.78, 5) is 64.0. The summed E-state index contributed by atoms with van der Waals surface area (Å²) in [5.74, 6) is -2.03. The van der Waals surface area contributed by atoms with Gasteiger partial charge in [0.1, 0.15) is 30.0 Å². The number of alkyl carbamates (subject to hydrolysis) is 1. The van der Waals surface area contributed by atoms with E-state index < -0.39 is 93.1 Å². The van der Waals surface area contributed by atoms with Gasteiger partial charge in [-0.05, 0) is 65.0 Å². The van der Waals surface area contributed by atoms with Crippen LogP contribution < -0.4 is 21.2 Å². The zero-order valence-electron chi connectivity index (χ0n) is 30.0. The number of phenols is 1. The van der Waals surface area contributed by atoms with Gasteiger partial charge in [-0.25, -0.2) is 28.1 Å². The average molecular weight is 773 g/mol. The van der Waals surface area contributed by atoms with Crippen molar-refractivity contribution < 1.29 is 61.8 Å². The van der Waals surface area contributed by atoms with Gasteiger partial charge in [0.2, 0.25) is 0 Å². The van der Waals surface area contributed by atoms with Crippen molar-refractivity contribution in [3.63, 3.8) is 0 Å². The number of benzene rings is 1. The molecule has 18 nitrogen and oxygen atoms in total. The first kappa shape index (κ1) is 41.5. The van der Waals surface area contributed by atoms with Crippen molar-refractivity contribution in [2.24, 2.45) is 5.92 Å². The summed E-state index contributed by atoms with van der Waals surface area (Å²) in [6.07, 6.45) is -4.33. The number of carbonyl (C=O) groups excluding carboxylic acids is 3. The van der Waals surface area contributed by atoms with Crippen LogP contribution in [0.4, 0.5) is 14.9 Å². The number of esters is 2. The molecule has 0 saturated carbocycles. The molecule has 53 heavy (non-hydrogen) atoms. The molecule has 3 heterocycles. The number of aromatic nitrogens is 2. The second kappa shape index (κ2) is 18.2. The van der Waals surface area contributed by atoms with Crippen LogP contribution in [0.3, 0.4) is 0 Å². The van der Waals surface area contributed by atoms with Gasteiger partial charge in [0.15, 0.2) is 18.6 Å². The van der Waals surface area contributed by atoms with E-state index in [-0.39, 0.29) is 23.8 Å². The maximum Gasteiger partial charge on any atom is 0.407 e. The summed E-state index contributed by atoms with van der Waals surface area (Å²) in [6, 6.07) is 4.27. The predicted octanol–water partition coefficient (Wildman–Crippen LogP) is 2.00. The van der Waals surface area contributed by atoms with Crippen LogP contribution in [0.2, 0.25) is 0 Å². The van der Waals surface area contributed by atoms with Gasteiger partial charge in [0.05, 0.1) is 25.5 Å². The number of aliphatic hydroxyl groups excluding tert-OH is 1. The minimum atomic E-state index is -3.46. The van der Waals surface area contributed by atoms with E-state index in [1.165, 1.54) is 31.2 Å². The molecule has 3 N–H and O–H groups in total. The molecular formula is C33H46FN4O14P. The van der Waals surface area contributed by atoms with Gasteiger partial charge < -0.3 is 43.7 Å². The van der Waals surface area contributed by atoms with E-state index in [0.29, 0.717) is 35.2 Å². The Bertz CT molecular complexity index is 1750. The highest BCUT2D eigenvalue weighted by molar-refractivity contribution is 7.41. The third kappa shape index (κ3) is 10.0. The molecule has 0 radical (unpaired) electrons. The molecule has 1 aromatic carbocycles. The molecule has 294 valence electrons. The van der Waals surface area contributed by atoms with Gasteiger partial charge in [0, 0.05) is 25.5 Å². The molecule has 2 aromatic rings. The number of phenolic OH excluding ortho intramolecular Hbond substituents is 1. The minimum Gasteiger partial charge on any atom is -0.506 e.